The monoisotopic (exact) mass is 558 g/mol. The van der Waals surface area contributed by atoms with Crippen molar-refractivity contribution in [1.82, 2.24) is 16.0 Å². The molecule has 0 fully saturated rings. The summed E-state index contributed by atoms with van der Waals surface area (Å²) in [6, 6.07) is -5.04. The molecule has 15 N–H and O–H groups in total. The van der Waals surface area contributed by atoms with Gasteiger partial charge < -0.3 is 54.8 Å². The van der Waals surface area contributed by atoms with Gasteiger partial charge in [0.15, 0.2) is 11.9 Å². The first-order valence-corrected chi connectivity index (χ1v) is 12.4. The second-order valence-electron chi connectivity index (χ2n) is 8.93. The van der Waals surface area contributed by atoms with Crippen LogP contribution in [0.1, 0.15) is 52.4 Å². The van der Waals surface area contributed by atoms with E-state index in [9.17, 15) is 29.1 Å². The molecule has 0 bridgehead atoms. The number of amides is 3. The smallest absolute Gasteiger partial charge is 0.326 e. The van der Waals surface area contributed by atoms with Crippen molar-refractivity contribution in [2.45, 2.75) is 76.5 Å². The molecule has 0 saturated heterocycles. The predicted molar refractivity (Wildman–Crippen MR) is 143 cm³/mol. The standard InChI is InChI=1S/C22H42N10O7/c1-3-11(2)16(32-17(35)12(23)10-15(33)34)19(37)30-13(6-4-8-28-21(24)25)18(36)31-14(20(38)39)7-5-9-29-22(26)27/h11-14,16H,3-10,23H2,1-2H3,(H,30,37)(H,31,36)(H,32,35)(H,33,34)(H,38,39)(H4,24,25,28)(H4,26,27,29). The highest BCUT2D eigenvalue weighted by atomic mass is 16.4. The number of nitrogens with two attached hydrogens (primary N) is 5. The molecule has 0 aromatic rings. The highest BCUT2D eigenvalue weighted by Crippen LogP contribution is 2.11. The van der Waals surface area contributed by atoms with Gasteiger partial charge in [-0.2, -0.15) is 0 Å². The second kappa shape index (κ2) is 18.2. The molecule has 0 aromatic heterocycles. The molecule has 0 saturated carbocycles. The van der Waals surface area contributed by atoms with Crippen molar-refractivity contribution < 1.29 is 34.2 Å². The summed E-state index contributed by atoms with van der Waals surface area (Å²) < 4.78 is 0. The number of carboxylic acids is 2. The number of carboxylic acid groups (broad SMARTS) is 2. The molecular formula is C22H42N10O7. The lowest BCUT2D eigenvalue weighted by molar-refractivity contribution is -0.142. The van der Waals surface area contributed by atoms with Crippen LogP contribution in [0.15, 0.2) is 9.98 Å². The number of guanidine groups is 2. The van der Waals surface area contributed by atoms with E-state index in [4.69, 9.17) is 33.8 Å². The zero-order valence-corrected chi connectivity index (χ0v) is 22.3. The topological polar surface area (TPSA) is 317 Å². The van der Waals surface area contributed by atoms with Gasteiger partial charge in [-0.05, 0) is 31.6 Å². The van der Waals surface area contributed by atoms with Gasteiger partial charge in [0, 0.05) is 13.1 Å². The third-order valence-corrected chi connectivity index (χ3v) is 5.66. The van der Waals surface area contributed by atoms with Crippen molar-refractivity contribution in [2.75, 3.05) is 13.1 Å². The van der Waals surface area contributed by atoms with Crippen LogP contribution in [0.5, 0.6) is 0 Å². The van der Waals surface area contributed by atoms with Crippen molar-refractivity contribution in [3.8, 4) is 0 Å². The maximum Gasteiger partial charge on any atom is 0.326 e. The molecule has 0 spiro atoms. The summed E-state index contributed by atoms with van der Waals surface area (Å²) in [5.41, 5.74) is 26.8. The zero-order chi connectivity index (χ0) is 30.1. The maximum absolute atomic E-state index is 13.2. The molecule has 0 radical (unpaired) electrons. The van der Waals surface area contributed by atoms with E-state index in [1.54, 1.807) is 13.8 Å². The fourth-order valence-electron chi connectivity index (χ4n) is 3.31. The summed E-state index contributed by atoms with van der Waals surface area (Å²) in [6.45, 7) is 3.74. The fraction of sp³-hybridized carbons (Fsp3) is 0.682. The van der Waals surface area contributed by atoms with E-state index >= 15 is 0 Å². The van der Waals surface area contributed by atoms with Crippen LogP contribution >= 0.6 is 0 Å². The van der Waals surface area contributed by atoms with Gasteiger partial charge in [0.2, 0.25) is 17.7 Å². The SMILES string of the molecule is CCC(C)C(NC(=O)C(N)CC(=O)O)C(=O)NC(CCCN=C(N)N)C(=O)NC(CCCN=C(N)N)C(=O)O. The molecule has 0 aliphatic rings. The van der Waals surface area contributed by atoms with Gasteiger partial charge in [-0.15, -0.1) is 0 Å². The molecular weight excluding hydrogens is 516 g/mol. The number of hydrogen-bond donors (Lipinski definition) is 10. The molecule has 5 atom stereocenters. The van der Waals surface area contributed by atoms with Gasteiger partial charge in [0.1, 0.15) is 18.1 Å². The number of aliphatic imine (C=N–C) groups is 2. The van der Waals surface area contributed by atoms with Crippen LogP contribution in [0, 0.1) is 5.92 Å². The lowest BCUT2D eigenvalue weighted by Crippen LogP contribution is -2.58. The number of carbonyl (C=O) groups excluding carboxylic acids is 3. The highest BCUT2D eigenvalue weighted by Gasteiger charge is 2.32. The molecule has 3 amide bonds. The summed E-state index contributed by atoms with van der Waals surface area (Å²) >= 11 is 0. The van der Waals surface area contributed by atoms with Crippen LogP contribution in [0.2, 0.25) is 0 Å². The van der Waals surface area contributed by atoms with Gasteiger partial charge in [-0.3, -0.25) is 29.2 Å². The number of carbonyl (C=O) groups is 5. The molecule has 0 heterocycles. The third kappa shape index (κ3) is 15.0. The summed E-state index contributed by atoms with van der Waals surface area (Å²) in [5.74, 6) is -5.68. The lowest BCUT2D eigenvalue weighted by Gasteiger charge is -2.28. The minimum Gasteiger partial charge on any atom is -0.481 e. The van der Waals surface area contributed by atoms with Crippen molar-refractivity contribution in [2.24, 2.45) is 44.6 Å². The van der Waals surface area contributed by atoms with Crippen molar-refractivity contribution >= 4 is 41.6 Å². The normalized spacial score (nSPS) is 14.4. The van der Waals surface area contributed by atoms with Gasteiger partial charge in [0.25, 0.3) is 0 Å². The fourth-order valence-corrected chi connectivity index (χ4v) is 3.31. The van der Waals surface area contributed by atoms with E-state index in [1.807, 2.05) is 0 Å². The Morgan fingerprint density at radius 3 is 1.69 bits per heavy atom. The number of hydrogen-bond acceptors (Lipinski definition) is 8. The van der Waals surface area contributed by atoms with Gasteiger partial charge in [-0.1, -0.05) is 20.3 Å². The molecule has 222 valence electrons. The predicted octanol–water partition coefficient (Wildman–Crippen LogP) is -3.52. The average Bonchev–Trinajstić information content (AvgIpc) is 2.84. The molecule has 0 aliphatic heterocycles. The van der Waals surface area contributed by atoms with Gasteiger partial charge in [0.05, 0.1) is 12.5 Å². The Hall–Kier alpha value is -4.15. The largest absolute Gasteiger partial charge is 0.481 e. The van der Waals surface area contributed by atoms with E-state index in [1.165, 1.54) is 0 Å². The lowest BCUT2D eigenvalue weighted by atomic mass is 9.97. The first-order valence-electron chi connectivity index (χ1n) is 12.4. The molecule has 0 aromatic carbocycles. The van der Waals surface area contributed by atoms with E-state index in [0.717, 1.165) is 0 Å². The minimum absolute atomic E-state index is 0.0134. The van der Waals surface area contributed by atoms with Crippen molar-refractivity contribution in [1.29, 1.82) is 0 Å². The van der Waals surface area contributed by atoms with Crippen LogP contribution in [0.4, 0.5) is 0 Å². The maximum atomic E-state index is 13.2. The first-order chi connectivity index (χ1) is 18.2. The van der Waals surface area contributed by atoms with Crippen LogP contribution in [0.25, 0.3) is 0 Å². The van der Waals surface area contributed by atoms with Crippen molar-refractivity contribution in [3.63, 3.8) is 0 Å². The van der Waals surface area contributed by atoms with Crippen molar-refractivity contribution in [3.05, 3.63) is 0 Å². The Morgan fingerprint density at radius 2 is 1.26 bits per heavy atom. The number of nitrogens with one attached hydrogen (secondary N) is 3. The Bertz CT molecular complexity index is 904. The summed E-state index contributed by atoms with van der Waals surface area (Å²) in [6.07, 6.45) is 0.368. The number of aliphatic carboxylic acids is 2. The van der Waals surface area contributed by atoms with Crippen LogP contribution in [-0.4, -0.2) is 89.0 Å². The third-order valence-electron chi connectivity index (χ3n) is 5.66. The molecule has 17 nitrogen and oxygen atoms in total. The minimum atomic E-state index is -1.39. The van der Waals surface area contributed by atoms with Crippen LogP contribution in [0.3, 0.4) is 0 Å². The van der Waals surface area contributed by atoms with E-state index in [0.29, 0.717) is 6.42 Å². The van der Waals surface area contributed by atoms with E-state index < -0.39 is 66.2 Å². The number of rotatable bonds is 19. The quantitative estimate of drug-likeness (QED) is 0.0419. The second-order valence-corrected chi connectivity index (χ2v) is 8.93. The average molecular weight is 559 g/mol. The Balaban J connectivity index is 5.70. The Kier molecular flexibility index (Phi) is 16.2. The summed E-state index contributed by atoms with van der Waals surface area (Å²) in [4.78, 5) is 68.9. The zero-order valence-electron chi connectivity index (χ0n) is 22.3. The molecule has 0 rings (SSSR count). The first kappa shape index (κ1) is 34.9. The molecule has 17 heteroatoms. The molecule has 0 aliphatic carbocycles. The Morgan fingerprint density at radius 1 is 0.769 bits per heavy atom. The molecule has 39 heavy (non-hydrogen) atoms. The van der Waals surface area contributed by atoms with Crippen LogP contribution in [-0.2, 0) is 24.0 Å². The number of nitrogens with zero attached hydrogens (tertiary/aromatic N) is 2. The summed E-state index contributed by atoms with van der Waals surface area (Å²) in [7, 11) is 0. The van der Waals surface area contributed by atoms with Crippen LogP contribution < -0.4 is 44.6 Å². The highest BCUT2D eigenvalue weighted by molar-refractivity contribution is 5.94. The van der Waals surface area contributed by atoms with Gasteiger partial charge in [-0.25, -0.2) is 4.79 Å². The Labute approximate surface area is 226 Å². The van der Waals surface area contributed by atoms with E-state index in [2.05, 4.69) is 25.9 Å². The molecule has 5 unspecified atom stereocenters. The van der Waals surface area contributed by atoms with Gasteiger partial charge >= 0.3 is 11.9 Å². The summed E-state index contributed by atoms with van der Waals surface area (Å²) in [5, 5.41) is 25.8. The van der Waals surface area contributed by atoms with E-state index in [-0.39, 0.29) is 50.7 Å².